The average molecular weight is 297 g/mol. The smallest absolute Gasteiger partial charge is 0.319 e. The van der Waals surface area contributed by atoms with Crippen molar-refractivity contribution >= 4 is 6.03 Å². The molecule has 0 saturated carbocycles. The molecule has 0 radical (unpaired) electrons. The van der Waals surface area contributed by atoms with Gasteiger partial charge < -0.3 is 14.5 Å². The van der Waals surface area contributed by atoms with Gasteiger partial charge in [-0.2, -0.15) is 0 Å². The summed E-state index contributed by atoms with van der Waals surface area (Å²) in [5.41, 5.74) is 0.385. The maximum absolute atomic E-state index is 12.1. The first kappa shape index (κ1) is 16.6. The molecular weight excluding hydrogens is 266 g/mol. The van der Waals surface area contributed by atoms with E-state index in [0.717, 1.165) is 39.1 Å². The Bertz CT molecular complexity index is 363. The van der Waals surface area contributed by atoms with E-state index in [1.165, 1.54) is 6.42 Å². The van der Waals surface area contributed by atoms with Crippen molar-refractivity contribution in [1.82, 2.24) is 14.7 Å². The predicted molar refractivity (Wildman–Crippen MR) is 84.4 cm³/mol. The summed E-state index contributed by atoms with van der Waals surface area (Å²) in [6.45, 7) is 8.30. The Kier molecular flexibility index (Phi) is 5.15. The van der Waals surface area contributed by atoms with Gasteiger partial charge in [-0.1, -0.05) is 0 Å². The van der Waals surface area contributed by atoms with Gasteiger partial charge in [-0.05, 0) is 38.5 Å². The zero-order chi connectivity index (χ0) is 15.6. The standard InChI is InChI=1S/C16H31N3O2/c1-13(2)19-12-16(10-14(19)11-21-5)6-8-18(9-7-16)15(20)17(3)4/h13-14H,6-12H2,1-5H3/t14-/m1/s1. The highest BCUT2D eigenvalue weighted by Gasteiger charge is 2.46. The SMILES string of the molecule is COC[C@H]1CC2(CCN(C(=O)N(C)C)CC2)CN1C(C)C. The largest absolute Gasteiger partial charge is 0.383 e. The van der Waals surface area contributed by atoms with Crippen LogP contribution in [0.5, 0.6) is 0 Å². The number of ether oxygens (including phenoxy) is 1. The number of methoxy groups -OCH3 is 1. The second kappa shape index (κ2) is 6.53. The third kappa shape index (κ3) is 3.51. The zero-order valence-electron chi connectivity index (χ0n) is 14.3. The lowest BCUT2D eigenvalue weighted by atomic mass is 9.76. The molecule has 122 valence electrons. The number of nitrogens with zero attached hydrogens (tertiary/aromatic N) is 3. The molecule has 1 atom stereocenters. The molecule has 21 heavy (non-hydrogen) atoms. The summed E-state index contributed by atoms with van der Waals surface area (Å²) in [7, 11) is 5.45. The Morgan fingerprint density at radius 1 is 1.33 bits per heavy atom. The van der Waals surface area contributed by atoms with E-state index in [9.17, 15) is 4.79 Å². The highest BCUT2D eigenvalue weighted by atomic mass is 16.5. The van der Waals surface area contributed by atoms with Gasteiger partial charge in [-0.15, -0.1) is 0 Å². The molecule has 0 bridgehead atoms. The van der Waals surface area contributed by atoms with Crippen LogP contribution in [-0.4, -0.2) is 80.3 Å². The molecule has 5 heteroatoms. The Hall–Kier alpha value is -0.810. The molecule has 0 unspecified atom stereocenters. The molecule has 1 spiro atoms. The van der Waals surface area contributed by atoms with E-state index in [1.54, 1.807) is 12.0 Å². The number of hydrogen-bond donors (Lipinski definition) is 0. The monoisotopic (exact) mass is 297 g/mol. The van der Waals surface area contributed by atoms with Gasteiger partial charge in [-0.25, -0.2) is 4.79 Å². The van der Waals surface area contributed by atoms with Crippen molar-refractivity contribution in [2.24, 2.45) is 5.41 Å². The molecule has 5 nitrogen and oxygen atoms in total. The normalized spacial score (nSPS) is 25.8. The van der Waals surface area contributed by atoms with Crippen LogP contribution in [0.25, 0.3) is 0 Å². The van der Waals surface area contributed by atoms with Crippen molar-refractivity contribution < 1.29 is 9.53 Å². The average Bonchev–Trinajstić information content (AvgIpc) is 2.78. The van der Waals surface area contributed by atoms with Crippen LogP contribution in [0.2, 0.25) is 0 Å². The highest BCUT2D eigenvalue weighted by molar-refractivity contribution is 5.73. The van der Waals surface area contributed by atoms with Gasteiger partial charge in [0.2, 0.25) is 0 Å². The first-order valence-corrected chi connectivity index (χ1v) is 8.09. The van der Waals surface area contributed by atoms with Crippen molar-refractivity contribution in [2.75, 3.05) is 47.4 Å². The summed E-state index contributed by atoms with van der Waals surface area (Å²) in [5.74, 6) is 0. The highest BCUT2D eigenvalue weighted by Crippen LogP contribution is 2.44. The molecule has 0 aromatic rings. The summed E-state index contributed by atoms with van der Waals surface area (Å²) in [5, 5.41) is 0. The Morgan fingerprint density at radius 3 is 2.43 bits per heavy atom. The molecule has 2 saturated heterocycles. The van der Waals surface area contributed by atoms with E-state index in [-0.39, 0.29) is 6.03 Å². The zero-order valence-corrected chi connectivity index (χ0v) is 14.3. The molecule has 2 amide bonds. The molecule has 0 aromatic heterocycles. The topological polar surface area (TPSA) is 36.0 Å². The Morgan fingerprint density at radius 2 is 1.95 bits per heavy atom. The lowest BCUT2D eigenvalue weighted by Gasteiger charge is -2.40. The maximum atomic E-state index is 12.1. The first-order valence-electron chi connectivity index (χ1n) is 8.09. The molecule has 2 aliphatic heterocycles. The second-order valence-electron chi connectivity index (χ2n) is 7.24. The fraction of sp³-hybridized carbons (Fsp3) is 0.938. The molecule has 2 fully saturated rings. The fourth-order valence-corrected chi connectivity index (χ4v) is 3.97. The number of carbonyl (C=O) groups excluding carboxylic acids is 1. The molecule has 0 aromatic carbocycles. The van der Waals surface area contributed by atoms with Gasteiger partial charge in [-0.3, -0.25) is 4.90 Å². The van der Waals surface area contributed by atoms with Crippen molar-refractivity contribution in [2.45, 2.75) is 45.2 Å². The summed E-state index contributed by atoms with van der Waals surface area (Å²) >= 11 is 0. The second-order valence-corrected chi connectivity index (χ2v) is 7.24. The molecule has 0 aliphatic carbocycles. The fourth-order valence-electron chi connectivity index (χ4n) is 3.97. The molecule has 0 N–H and O–H groups in total. The van der Waals surface area contributed by atoms with Crippen LogP contribution in [0.3, 0.4) is 0 Å². The van der Waals surface area contributed by atoms with E-state index in [0.29, 0.717) is 17.5 Å². The van der Waals surface area contributed by atoms with Crippen molar-refractivity contribution in [3.05, 3.63) is 0 Å². The van der Waals surface area contributed by atoms with Crippen LogP contribution >= 0.6 is 0 Å². The first-order chi connectivity index (χ1) is 9.88. The van der Waals surface area contributed by atoms with Gasteiger partial charge >= 0.3 is 6.03 Å². The van der Waals surface area contributed by atoms with Crippen molar-refractivity contribution in [3.63, 3.8) is 0 Å². The third-order valence-electron chi connectivity index (χ3n) is 5.16. The van der Waals surface area contributed by atoms with Gasteiger partial charge in [0, 0.05) is 52.9 Å². The quantitative estimate of drug-likeness (QED) is 0.798. The molecular formula is C16H31N3O2. The summed E-state index contributed by atoms with van der Waals surface area (Å²) in [4.78, 5) is 18.3. The number of likely N-dealkylation sites (tertiary alicyclic amines) is 2. The van der Waals surface area contributed by atoms with Gasteiger partial charge in [0.25, 0.3) is 0 Å². The van der Waals surface area contributed by atoms with E-state index in [1.807, 2.05) is 19.0 Å². The van der Waals surface area contributed by atoms with Crippen LogP contribution in [0.1, 0.15) is 33.1 Å². The predicted octanol–water partition coefficient (Wildman–Crippen LogP) is 1.88. The number of piperidine rings is 1. The van der Waals surface area contributed by atoms with Crippen LogP contribution in [-0.2, 0) is 4.74 Å². The number of rotatable bonds is 3. The van der Waals surface area contributed by atoms with Crippen LogP contribution in [0, 0.1) is 5.41 Å². The van der Waals surface area contributed by atoms with Crippen molar-refractivity contribution in [1.29, 1.82) is 0 Å². The minimum absolute atomic E-state index is 0.150. The molecule has 2 heterocycles. The van der Waals surface area contributed by atoms with E-state index >= 15 is 0 Å². The summed E-state index contributed by atoms with van der Waals surface area (Å²) in [6.07, 6.45) is 3.45. The van der Waals surface area contributed by atoms with Gasteiger partial charge in [0.05, 0.1) is 6.61 Å². The van der Waals surface area contributed by atoms with Crippen LogP contribution in [0.15, 0.2) is 0 Å². The van der Waals surface area contributed by atoms with Gasteiger partial charge in [0.1, 0.15) is 0 Å². The number of urea groups is 1. The lowest BCUT2D eigenvalue weighted by Crippen LogP contribution is -2.47. The number of carbonyl (C=O) groups is 1. The maximum Gasteiger partial charge on any atom is 0.319 e. The summed E-state index contributed by atoms with van der Waals surface area (Å²) < 4.78 is 5.42. The van der Waals surface area contributed by atoms with E-state index in [4.69, 9.17) is 4.74 Å². The Labute approximate surface area is 129 Å². The van der Waals surface area contributed by atoms with E-state index < -0.39 is 0 Å². The van der Waals surface area contributed by atoms with Crippen molar-refractivity contribution in [3.8, 4) is 0 Å². The molecule has 2 rings (SSSR count). The van der Waals surface area contributed by atoms with Gasteiger partial charge in [0.15, 0.2) is 0 Å². The third-order valence-corrected chi connectivity index (χ3v) is 5.16. The lowest BCUT2D eigenvalue weighted by molar-refractivity contribution is 0.0938. The van der Waals surface area contributed by atoms with Crippen LogP contribution < -0.4 is 0 Å². The van der Waals surface area contributed by atoms with Crippen LogP contribution in [0.4, 0.5) is 4.79 Å². The molecule has 2 aliphatic rings. The number of amides is 2. The number of hydrogen-bond acceptors (Lipinski definition) is 3. The summed E-state index contributed by atoms with van der Waals surface area (Å²) in [6, 6.07) is 1.24. The minimum Gasteiger partial charge on any atom is -0.383 e. The minimum atomic E-state index is 0.150. The Balaban J connectivity index is 1.98. The van der Waals surface area contributed by atoms with E-state index in [2.05, 4.69) is 18.7 Å².